The highest BCUT2D eigenvalue weighted by molar-refractivity contribution is 6.31. The van der Waals surface area contributed by atoms with Gasteiger partial charge in [0.25, 0.3) is 0 Å². The van der Waals surface area contributed by atoms with Crippen LogP contribution in [0.25, 0.3) is 28.0 Å². The van der Waals surface area contributed by atoms with Gasteiger partial charge in [-0.05, 0) is 74.5 Å². The summed E-state index contributed by atoms with van der Waals surface area (Å²) < 4.78 is 31.1. The zero-order chi connectivity index (χ0) is 28.8. The Balaban J connectivity index is 1.53. The van der Waals surface area contributed by atoms with Gasteiger partial charge < -0.3 is 27.1 Å². The Bertz CT molecular complexity index is 1550. The van der Waals surface area contributed by atoms with Crippen molar-refractivity contribution in [1.82, 2.24) is 25.2 Å². The summed E-state index contributed by atoms with van der Waals surface area (Å²) in [6.07, 6.45) is 4.15. The monoisotopic (exact) mass is 570 g/mol. The number of nitrogens with two attached hydrogens (primary N) is 2. The fourth-order valence-corrected chi connectivity index (χ4v) is 4.64. The molecular formula is C28H33ClF2N8O. The number of aryl methyl sites for hydroxylation is 1. The Morgan fingerprint density at radius 1 is 1.18 bits per heavy atom. The van der Waals surface area contributed by atoms with Crippen LogP contribution in [0, 0.1) is 17.0 Å². The van der Waals surface area contributed by atoms with E-state index in [1.165, 1.54) is 10.6 Å². The molecule has 9 nitrogen and oxygen atoms in total. The first-order chi connectivity index (χ1) is 19.1. The van der Waals surface area contributed by atoms with Crippen LogP contribution in [0.4, 0.5) is 8.78 Å². The molecule has 0 aliphatic rings. The standard InChI is InChI=1S/C28H33ClF2N8O/c1-16(32)4-2-5-18-12-21(25(31)23(29)24(18)30)22-13-19-15-39(28(40)38-26(19)37-22)20-8-6-17(7-9-20)14-35-10-3-11-36-27(33)34/h6-9,12-13,15-16,35H,2-5,10-11,14,32H2,1H3,(H4,33,34,36)(H,37,38,40)/t16-/m0/s1. The SMILES string of the molecule is C[C@H](N)CCCc1cc(-c2cc3cn(-c4ccc(CNCCCNC(=N)N)cc4)c(=O)nc3[nH]2)c(F)c(Cl)c1F. The topological polar surface area (TPSA) is 151 Å². The summed E-state index contributed by atoms with van der Waals surface area (Å²) in [6.45, 7) is 3.90. The highest BCUT2D eigenvalue weighted by atomic mass is 35.5. The Labute approximate surface area is 235 Å². The first kappa shape index (κ1) is 29.2. The van der Waals surface area contributed by atoms with Crippen molar-refractivity contribution in [2.75, 3.05) is 13.1 Å². The van der Waals surface area contributed by atoms with Crippen molar-refractivity contribution < 1.29 is 8.78 Å². The average molecular weight is 571 g/mol. The van der Waals surface area contributed by atoms with E-state index >= 15 is 4.39 Å². The molecule has 4 rings (SSSR count). The van der Waals surface area contributed by atoms with Crippen LogP contribution in [-0.4, -0.2) is 39.6 Å². The van der Waals surface area contributed by atoms with E-state index < -0.39 is 22.3 Å². The van der Waals surface area contributed by atoms with Crippen LogP contribution in [0.5, 0.6) is 0 Å². The second kappa shape index (κ2) is 13.0. The molecule has 8 N–H and O–H groups in total. The zero-order valence-electron chi connectivity index (χ0n) is 22.2. The maximum absolute atomic E-state index is 15.0. The lowest BCUT2D eigenvalue weighted by Gasteiger charge is -2.11. The van der Waals surface area contributed by atoms with Crippen LogP contribution >= 0.6 is 11.6 Å². The minimum absolute atomic E-state index is 0.0220. The lowest BCUT2D eigenvalue weighted by molar-refractivity contribution is 0.562. The molecule has 12 heteroatoms. The van der Waals surface area contributed by atoms with Crippen molar-refractivity contribution in [3.05, 3.63) is 80.9 Å². The second-order valence-electron chi connectivity index (χ2n) is 9.81. The maximum Gasteiger partial charge on any atom is 0.354 e. The van der Waals surface area contributed by atoms with Crippen molar-refractivity contribution in [2.24, 2.45) is 11.5 Å². The number of hydrogen-bond acceptors (Lipinski definition) is 5. The number of aromatic nitrogens is 3. The van der Waals surface area contributed by atoms with Gasteiger partial charge in [-0.25, -0.2) is 13.6 Å². The number of H-pyrrole nitrogens is 1. The third kappa shape index (κ3) is 7.04. The normalized spacial score (nSPS) is 12.1. The number of benzene rings is 2. The van der Waals surface area contributed by atoms with Gasteiger partial charge in [0.1, 0.15) is 16.5 Å². The molecule has 2 aromatic carbocycles. The van der Waals surface area contributed by atoms with Crippen LogP contribution in [0.3, 0.4) is 0 Å². The van der Waals surface area contributed by atoms with Crippen molar-refractivity contribution in [3.63, 3.8) is 0 Å². The molecule has 0 radical (unpaired) electrons. The number of nitrogens with one attached hydrogen (secondary N) is 4. The van der Waals surface area contributed by atoms with Gasteiger partial charge in [-0.1, -0.05) is 23.7 Å². The largest absolute Gasteiger partial charge is 0.370 e. The van der Waals surface area contributed by atoms with Crippen LogP contribution in [0.1, 0.15) is 37.3 Å². The average Bonchev–Trinajstić information content (AvgIpc) is 3.32. The maximum atomic E-state index is 15.0. The van der Waals surface area contributed by atoms with Crippen LogP contribution in [-0.2, 0) is 13.0 Å². The molecule has 2 heterocycles. The molecule has 1 atom stereocenters. The molecular weight excluding hydrogens is 538 g/mol. The fraction of sp³-hybridized carbons (Fsp3) is 0.321. The van der Waals surface area contributed by atoms with Crippen LogP contribution < -0.4 is 27.8 Å². The quantitative estimate of drug-likeness (QED) is 0.0657. The molecule has 0 saturated heterocycles. The van der Waals surface area contributed by atoms with Crippen molar-refractivity contribution in [2.45, 2.75) is 45.2 Å². The predicted octanol–water partition coefficient (Wildman–Crippen LogP) is 3.95. The Morgan fingerprint density at radius 3 is 2.62 bits per heavy atom. The Morgan fingerprint density at radius 2 is 1.93 bits per heavy atom. The lowest BCUT2D eigenvalue weighted by Crippen LogP contribution is -2.32. The van der Waals surface area contributed by atoms with E-state index in [-0.39, 0.29) is 23.2 Å². The molecule has 0 spiro atoms. The predicted molar refractivity (Wildman–Crippen MR) is 155 cm³/mol. The summed E-state index contributed by atoms with van der Waals surface area (Å²) >= 11 is 6.01. The number of rotatable bonds is 12. The summed E-state index contributed by atoms with van der Waals surface area (Å²) in [5.41, 5.74) is 13.3. The summed E-state index contributed by atoms with van der Waals surface area (Å²) in [5.74, 6) is -1.69. The minimum Gasteiger partial charge on any atom is -0.370 e. The lowest BCUT2D eigenvalue weighted by atomic mass is 10.0. The van der Waals surface area contributed by atoms with Gasteiger partial charge >= 0.3 is 5.69 Å². The molecule has 0 fully saturated rings. The number of guanidine groups is 1. The van der Waals surface area contributed by atoms with Crippen molar-refractivity contribution in [1.29, 1.82) is 5.41 Å². The van der Waals surface area contributed by atoms with Gasteiger partial charge in [0.15, 0.2) is 11.8 Å². The summed E-state index contributed by atoms with van der Waals surface area (Å²) in [6, 6.07) is 10.6. The minimum atomic E-state index is -0.879. The molecule has 0 aliphatic heterocycles. The Hall–Kier alpha value is -3.80. The highest BCUT2D eigenvalue weighted by Gasteiger charge is 2.20. The summed E-state index contributed by atoms with van der Waals surface area (Å²) in [4.78, 5) is 19.9. The number of aromatic amines is 1. The van der Waals surface area contributed by atoms with E-state index in [0.717, 1.165) is 18.5 Å². The van der Waals surface area contributed by atoms with E-state index in [1.54, 1.807) is 12.3 Å². The third-order valence-corrected chi connectivity index (χ3v) is 6.85. The van der Waals surface area contributed by atoms with Crippen molar-refractivity contribution in [3.8, 4) is 16.9 Å². The molecule has 0 unspecified atom stereocenters. The smallest absolute Gasteiger partial charge is 0.354 e. The van der Waals surface area contributed by atoms with E-state index in [1.807, 2.05) is 31.2 Å². The number of hydrogen-bond donors (Lipinski definition) is 6. The molecule has 2 aromatic heterocycles. The first-order valence-corrected chi connectivity index (χ1v) is 13.4. The molecule has 40 heavy (non-hydrogen) atoms. The molecule has 0 aliphatic carbocycles. The molecule has 212 valence electrons. The van der Waals surface area contributed by atoms with E-state index in [4.69, 9.17) is 28.5 Å². The van der Waals surface area contributed by atoms with Crippen molar-refractivity contribution >= 4 is 28.6 Å². The number of nitrogens with zero attached hydrogens (tertiary/aromatic N) is 2. The second-order valence-corrected chi connectivity index (χ2v) is 10.2. The third-order valence-electron chi connectivity index (χ3n) is 6.52. The van der Waals surface area contributed by atoms with Crippen LogP contribution in [0.15, 0.2) is 47.4 Å². The molecule has 0 bridgehead atoms. The van der Waals surface area contributed by atoms with Gasteiger partial charge in [-0.15, -0.1) is 0 Å². The fourth-order valence-electron chi connectivity index (χ4n) is 4.42. The zero-order valence-corrected chi connectivity index (χ0v) is 22.9. The summed E-state index contributed by atoms with van der Waals surface area (Å²) in [5, 5.41) is 13.2. The van der Waals surface area contributed by atoms with Gasteiger partial charge in [0, 0.05) is 36.3 Å². The molecule has 0 amide bonds. The first-order valence-electron chi connectivity index (χ1n) is 13.1. The van der Waals surface area contributed by atoms with Gasteiger partial charge in [-0.3, -0.25) is 9.98 Å². The highest BCUT2D eigenvalue weighted by Crippen LogP contribution is 2.33. The Kier molecular flexibility index (Phi) is 9.51. The van der Waals surface area contributed by atoms with Gasteiger partial charge in [0.05, 0.1) is 11.4 Å². The number of fused-ring (bicyclic) bond motifs is 1. The van der Waals surface area contributed by atoms with E-state index in [0.29, 0.717) is 54.7 Å². The molecule has 4 aromatic rings. The molecule has 0 saturated carbocycles. The summed E-state index contributed by atoms with van der Waals surface area (Å²) in [7, 11) is 0. The van der Waals surface area contributed by atoms with Crippen LogP contribution in [0.2, 0.25) is 5.02 Å². The van der Waals surface area contributed by atoms with Gasteiger partial charge in [-0.2, -0.15) is 4.98 Å². The van der Waals surface area contributed by atoms with E-state index in [9.17, 15) is 9.18 Å². The van der Waals surface area contributed by atoms with Gasteiger partial charge in [0.2, 0.25) is 0 Å². The number of halogens is 3. The van der Waals surface area contributed by atoms with E-state index in [2.05, 4.69) is 20.6 Å².